The van der Waals surface area contributed by atoms with Crippen LogP contribution in [0.5, 0.6) is 5.75 Å². The maximum atomic E-state index is 5.44. The van der Waals surface area contributed by atoms with Crippen molar-refractivity contribution in [2.75, 3.05) is 13.7 Å². The number of hydrogen-bond acceptors (Lipinski definition) is 3. The predicted molar refractivity (Wildman–Crippen MR) is 97.7 cm³/mol. The van der Waals surface area contributed by atoms with E-state index in [1.807, 2.05) is 6.07 Å². The molecule has 1 saturated heterocycles. The number of piperidine rings is 1. The van der Waals surface area contributed by atoms with Crippen LogP contribution in [-0.2, 0) is 0 Å². The van der Waals surface area contributed by atoms with Crippen LogP contribution in [0.1, 0.15) is 52.9 Å². The minimum atomic E-state index is 0.182. The third kappa shape index (κ3) is 2.48. The topological polar surface area (TPSA) is 33.6 Å². The fourth-order valence-electron chi connectivity index (χ4n) is 5.10. The van der Waals surface area contributed by atoms with Crippen molar-refractivity contribution in [2.45, 2.75) is 64.5 Å². The number of nitrogens with one attached hydrogen (secondary N) is 1. The van der Waals surface area contributed by atoms with E-state index in [2.05, 4.69) is 38.2 Å². The average molecular weight is 326 g/mol. The van der Waals surface area contributed by atoms with Crippen LogP contribution in [0.4, 0.5) is 0 Å². The van der Waals surface area contributed by atoms with Crippen molar-refractivity contribution in [3.63, 3.8) is 0 Å². The second-order valence-electron chi connectivity index (χ2n) is 8.91. The summed E-state index contributed by atoms with van der Waals surface area (Å²) in [7, 11) is 1.74. The Morgan fingerprint density at radius 2 is 1.96 bits per heavy atom. The van der Waals surface area contributed by atoms with E-state index in [0.29, 0.717) is 11.5 Å². The van der Waals surface area contributed by atoms with Gasteiger partial charge in [0.05, 0.1) is 18.5 Å². The molecule has 1 saturated carbocycles. The van der Waals surface area contributed by atoms with E-state index in [1.54, 1.807) is 7.11 Å². The van der Waals surface area contributed by atoms with Crippen LogP contribution in [0.2, 0.25) is 0 Å². The summed E-state index contributed by atoms with van der Waals surface area (Å²) in [5.74, 6) is 1.78. The van der Waals surface area contributed by atoms with Gasteiger partial charge in [-0.15, -0.1) is 0 Å². The highest BCUT2D eigenvalue weighted by atomic mass is 16.5. The summed E-state index contributed by atoms with van der Waals surface area (Å²) in [6, 6.07) is 6.69. The molecule has 2 fully saturated rings. The van der Waals surface area contributed by atoms with Gasteiger partial charge in [-0.3, -0.25) is 4.99 Å². The molecule has 0 unspecified atom stereocenters. The zero-order valence-electron chi connectivity index (χ0n) is 15.5. The Hall–Kier alpha value is -1.35. The number of methoxy groups -OCH3 is 1. The summed E-state index contributed by atoms with van der Waals surface area (Å²) < 4.78 is 5.44. The van der Waals surface area contributed by atoms with E-state index in [4.69, 9.17) is 9.73 Å². The van der Waals surface area contributed by atoms with Gasteiger partial charge in [0.2, 0.25) is 0 Å². The smallest absolute Gasteiger partial charge is 0.119 e. The van der Waals surface area contributed by atoms with Gasteiger partial charge < -0.3 is 10.1 Å². The predicted octanol–water partition coefficient (Wildman–Crippen LogP) is 2.82. The standard InChI is InChI=1S/C21H30N2O/c1-20(2,3)14-7-10-21(11-8-14)19-16(9-12-22-21)17-13-15(24-4)5-6-18(17)23-19/h5-6,13-14,19,22H,7-12H2,1-4H3/t14?,19-,21?/m1/s1. The van der Waals surface area contributed by atoms with Crippen LogP contribution in [-0.4, -0.2) is 25.2 Å². The highest BCUT2D eigenvalue weighted by Gasteiger charge is 2.47. The minimum absolute atomic E-state index is 0.182. The Morgan fingerprint density at radius 3 is 2.62 bits per heavy atom. The molecule has 1 aromatic rings. The molecule has 3 heteroatoms. The number of ether oxygens (including phenoxy) is 1. The van der Waals surface area contributed by atoms with E-state index in [1.165, 1.54) is 36.5 Å². The number of rotatable bonds is 1. The van der Waals surface area contributed by atoms with E-state index in [0.717, 1.165) is 30.0 Å². The van der Waals surface area contributed by atoms with Gasteiger partial charge in [-0.1, -0.05) is 20.8 Å². The molecular weight excluding hydrogens is 296 g/mol. The molecule has 1 N–H and O–H groups in total. The van der Waals surface area contributed by atoms with E-state index in [-0.39, 0.29) is 5.54 Å². The third-order valence-electron chi connectivity index (χ3n) is 6.65. The molecule has 2 heterocycles. The summed E-state index contributed by atoms with van der Waals surface area (Å²) in [6.07, 6.45) is 6.24. The number of benzene rings is 1. The van der Waals surface area contributed by atoms with Crippen molar-refractivity contribution in [3.05, 3.63) is 28.8 Å². The highest BCUT2D eigenvalue weighted by molar-refractivity contribution is 5.58. The summed E-state index contributed by atoms with van der Waals surface area (Å²) in [5.41, 5.74) is 2.14. The van der Waals surface area contributed by atoms with Crippen molar-refractivity contribution in [2.24, 2.45) is 16.3 Å². The first-order valence-electron chi connectivity index (χ1n) is 9.43. The molecular formula is C21H30N2O. The Bertz CT molecular complexity index is 751. The molecule has 0 radical (unpaired) electrons. The molecule has 4 rings (SSSR count). The third-order valence-corrected chi connectivity index (χ3v) is 6.65. The van der Waals surface area contributed by atoms with Gasteiger partial charge in [-0.05, 0) is 73.8 Å². The van der Waals surface area contributed by atoms with Crippen LogP contribution in [0.25, 0.3) is 5.57 Å². The van der Waals surface area contributed by atoms with Gasteiger partial charge >= 0.3 is 0 Å². The Labute approximate surface area is 145 Å². The number of nitrogens with zero attached hydrogens (tertiary/aromatic N) is 1. The Balaban J connectivity index is 1.68. The molecule has 3 nitrogen and oxygen atoms in total. The molecule has 0 amide bonds. The molecule has 24 heavy (non-hydrogen) atoms. The van der Waals surface area contributed by atoms with Gasteiger partial charge in [0.1, 0.15) is 5.75 Å². The number of hydrogen-bond donors (Lipinski definition) is 1. The summed E-state index contributed by atoms with van der Waals surface area (Å²) in [6.45, 7) is 8.26. The zero-order chi connectivity index (χ0) is 16.9. The van der Waals surface area contributed by atoms with Gasteiger partial charge in [-0.2, -0.15) is 0 Å². The summed E-state index contributed by atoms with van der Waals surface area (Å²) >= 11 is 0. The number of fused-ring (bicyclic) bond motifs is 3. The second-order valence-corrected chi connectivity index (χ2v) is 8.91. The Morgan fingerprint density at radius 1 is 1.21 bits per heavy atom. The van der Waals surface area contributed by atoms with Crippen LogP contribution in [0.3, 0.4) is 0 Å². The first-order chi connectivity index (χ1) is 11.4. The molecule has 1 spiro atoms. The van der Waals surface area contributed by atoms with Crippen molar-refractivity contribution >= 4 is 5.57 Å². The van der Waals surface area contributed by atoms with Crippen LogP contribution >= 0.6 is 0 Å². The first-order valence-corrected chi connectivity index (χ1v) is 9.43. The molecule has 130 valence electrons. The lowest BCUT2D eigenvalue weighted by molar-refractivity contribution is 0.103. The fraction of sp³-hybridized carbons (Fsp3) is 0.667. The zero-order valence-corrected chi connectivity index (χ0v) is 15.5. The molecule has 1 aliphatic carbocycles. The van der Waals surface area contributed by atoms with Crippen LogP contribution < -0.4 is 20.6 Å². The second kappa shape index (κ2) is 5.59. The maximum absolute atomic E-state index is 5.44. The molecule has 1 aromatic carbocycles. The SMILES string of the molecule is COc1ccc2c(c1)=C1CCNC3(CCC(C(C)(C)C)CC3)[C@@H]1N=2. The monoisotopic (exact) mass is 326 g/mol. The lowest BCUT2D eigenvalue weighted by atomic mass is 9.63. The largest absolute Gasteiger partial charge is 0.497 e. The van der Waals surface area contributed by atoms with Crippen molar-refractivity contribution < 1.29 is 4.74 Å². The van der Waals surface area contributed by atoms with E-state index in [9.17, 15) is 0 Å². The molecule has 0 bridgehead atoms. The van der Waals surface area contributed by atoms with Crippen molar-refractivity contribution in [3.8, 4) is 5.75 Å². The fourth-order valence-corrected chi connectivity index (χ4v) is 5.10. The van der Waals surface area contributed by atoms with E-state index >= 15 is 0 Å². The average Bonchev–Trinajstić information content (AvgIpc) is 2.94. The highest BCUT2D eigenvalue weighted by Crippen LogP contribution is 2.46. The minimum Gasteiger partial charge on any atom is -0.497 e. The van der Waals surface area contributed by atoms with Crippen LogP contribution in [0, 0.1) is 11.3 Å². The van der Waals surface area contributed by atoms with Gasteiger partial charge in [-0.25, -0.2) is 0 Å². The molecule has 2 aliphatic heterocycles. The van der Waals surface area contributed by atoms with Crippen LogP contribution in [0.15, 0.2) is 23.2 Å². The lowest BCUT2D eigenvalue weighted by Crippen LogP contribution is -2.59. The molecule has 0 aromatic heterocycles. The normalized spacial score (nSPS) is 32.2. The maximum Gasteiger partial charge on any atom is 0.119 e. The van der Waals surface area contributed by atoms with Gasteiger partial charge in [0.15, 0.2) is 0 Å². The van der Waals surface area contributed by atoms with Crippen molar-refractivity contribution in [1.82, 2.24) is 5.32 Å². The van der Waals surface area contributed by atoms with E-state index < -0.39 is 0 Å². The van der Waals surface area contributed by atoms with Gasteiger partial charge in [0.25, 0.3) is 0 Å². The molecule has 1 atom stereocenters. The Kier molecular flexibility index (Phi) is 3.76. The van der Waals surface area contributed by atoms with Crippen molar-refractivity contribution in [1.29, 1.82) is 0 Å². The first kappa shape index (κ1) is 16.1. The summed E-state index contributed by atoms with van der Waals surface area (Å²) in [5, 5.41) is 6.39. The molecule has 3 aliphatic rings. The summed E-state index contributed by atoms with van der Waals surface area (Å²) in [4.78, 5) is 5.16. The van der Waals surface area contributed by atoms with Gasteiger partial charge in [0, 0.05) is 10.8 Å². The lowest BCUT2D eigenvalue weighted by Gasteiger charge is -2.49. The quantitative estimate of drug-likeness (QED) is 0.861.